The molecular weight excluding hydrogens is 811 g/mol. The Morgan fingerprint density at radius 2 is 0.862 bits per heavy atom. The SMILES string of the molecule is CC/C=C/C/C=C/C/C=C/C/C=C/C/C=C/CCCCCCCCCC(=O)OCC(COCCC(C(=O)O)[N+](C)(C)C)OC(=O)CCCCCCCCCCCCCCCCCCCC. The van der Waals surface area contributed by atoms with Crippen LogP contribution in [0.15, 0.2) is 60.8 Å². The maximum Gasteiger partial charge on any atom is 0.362 e. The average Bonchev–Trinajstić information content (AvgIpc) is 3.27. The fourth-order valence-electron chi connectivity index (χ4n) is 7.83. The van der Waals surface area contributed by atoms with E-state index in [-0.39, 0.29) is 36.2 Å². The second-order valence-electron chi connectivity index (χ2n) is 19.1. The van der Waals surface area contributed by atoms with Gasteiger partial charge in [0.25, 0.3) is 0 Å². The first-order chi connectivity index (χ1) is 31.6. The van der Waals surface area contributed by atoms with Crippen molar-refractivity contribution in [3.63, 3.8) is 0 Å². The lowest BCUT2D eigenvalue weighted by atomic mass is 10.0. The number of likely N-dealkylation sites (N-methyl/N-ethyl adjacent to an activating group) is 1. The fourth-order valence-corrected chi connectivity index (χ4v) is 7.83. The van der Waals surface area contributed by atoms with Crippen molar-refractivity contribution >= 4 is 17.9 Å². The number of carboxylic acid groups (broad SMARTS) is 1. The van der Waals surface area contributed by atoms with Crippen molar-refractivity contribution in [3.05, 3.63) is 60.8 Å². The lowest BCUT2D eigenvalue weighted by Gasteiger charge is -2.31. The maximum absolute atomic E-state index is 12.8. The van der Waals surface area contributed by atoms with E-state index in [1.54, 1.807) is 0 Å². The van der Waals surface area contributed by atoms with E-state index < -0.39 is 18.1 Å². The summed E-state index contributed by atoms with van der Waals surface area (Å²) in [6.07, 6.45) is 59.8. The average molecular weight is 913 g/mol. The zero-order valence-electron chi connectivity index (χ0n) is 42.9. The van der Waals surface area contributed by atoms with Crippen LogP contribution in [0, 0.1) is 0 Å². The van der Waals surface area contributed by atoms with Gasteiger partial charge in [-0.15, -0.1) is 0 Å². The van der Waals surface area contributed by atoms with Crippen LogP contribution in [-0.4, -0.2) is 80.6 Å². The molecule has 0 aromatic carbocycles. The Morgan fingerprint density at radius 1 is 0.477 bits per heavy atom. The summed E-state index contributed by atoms with van der Waals surface area (Å²) in [6.45, 7) is 4.64. The topological polar surface area (TPSA) is 99.1 Å². The normalized spacial score (nSPS) is 13.3. The molecule has 0 spiro atoms. The number of esters is 2. The molecule has 8 nitrogen and oxygen atoms in total. The molecule has 0 radical (unpaired) electrons. The number of quaternary nitrogens is 1. The molecule has 0 bridgehead atoms. The smallest absolute Gasteiger partial charge is 0.362 e. The molecule has 376 valence electrons. The molecule has 0 rings (SSSR count). The molecule has 0 saturated carbocycles. The zero-order chi connectivity index (χ0) is 47.7. The highest BCUT2D eigenvalue weighted by molar-refractivity contribution is 5.72. The number of nitrogens with zero attached hydrogens (tertiary/aromatic N) is 1. The molecule has 0 heterocycles. The van der Waals surface area contributed by atoms with Gasteiger partial charge in [0.1, 0.15) is 6.61 Å². The molecule has 0 aromatic heterocycles. The number of carboxylic acids is 1. The minimum atomic E-state index is -0.875. The Bertz CT molecular complexity index is 1250. The van der Waals surface area contributed by atoms with Gasteiger partial charge in [0, 0.05) is 19.3 Å². The summed E-state index contributed by atoms with van der Waals surface area (Å²) in [5.74, 6) is -1.47. The Hall–Kier alpha value is -2.97. The number of hydrogen-bond donors (Lipinski definition) is 1. The largest absolute Gasteiger partial charge is 0.477 e. The standard InChI is InChI=1S/C57H101NO7/c1-6-8-10-12-14-16-18-20-22-24-26-27-28-29-30-32-33-35-37-39-41-43-45-47-55(59)64-52-53(51-63-50-49-54(57(61)62)58(3,4)5)65-56(60)48-46-44-42-40-38-36-34-31-25-23-21-19-17-15-13-11-9-7-2/h8,10,14,16,20,22,26-27,29-30,53-54H,6-7,9,11-13,15,17-19,21,23-25,28,31-52H2,1-5H3/p+1/b10-8+,16-14+,22-20+,27-26+,30-29+. The molecule has 0 aliphatic heterocycles. The quantitative estimate of drug-likeness (QED) is 0.0281. The Morgan fingerprint density at radius 3 is 1.28 bits per heavy atom. The van der Waals surface area contributed by atoms with Gasteiger partial charge in [-0.3, -0.25) is 9.59 Å². The minimum absolute atomic E-state index is 0.0563. The van der Waals surface area contributed by atoms with Gasteiger partial charge in [0.2, 0.25) is 0 Å². The van der Waals surface area contributed by atoms with Gasteiger partial charge in [-0.2, -0.15) is 0 Å². The number of allylic oxidation sites excluding steroid dienone is 10. The summed E-state index contributed by atoms with van der Waals surface area (Å²) in [5, 5.41) is 9.66. The van der Waals surface area contributed by atoms with Crippen molar-refractivity contribution in [2.75, 3.05) is 41.0 Å². The molecule has 0 aliphatic carbocycles. The molecule has 8 heteroatoms. The van der Waals surface area contributed by atoms with Gasteiger partial charge in [-0.05, 0) is 57.8 Å². The molecule has 0 saturated heterocycles. The lowest BCUT2D eigenvalue weighted by molar-refractivity contribution is -0.887. The van der Waals surface area contributed by atoms with Crippen LogP contribution >= 0.6 is 0 Å². The van der Waals surface area contributed by atoms with Gasteiger partial charge >= 0.3 is 17.9 Å². The third-order valence-electron chi connectivity index (χ3n) is 11.9. The van der Waals surface area contributed by atoms with Crippen molar-refractivity contribution in [3.8, 4) is 0 Å². The predicted octanol–water partition coefficient (Wildman–Crippen LogP) is 15.7. The first-order valence-electron chi connectivity index (χ1n) is 26.8. The number of hydrogen-bond acceptors (Lipinski definition) is 6. The van der Waals surface area contributed by atoms with Gasteiger partial charge in [0.15, 0.2) is 12.1 Å². The van der Waals surface area contributed by atoms with E-state index in [1.165, 1.54) is 122 Å². The number of aliphatic carboxylic acids is 1. The first kappa shape index (κ1) is 62.0. The second-order valence-corrected chi connectivity index (χ2v) is 19.1. The molecule has 0 amide bonds. The monoisotopic (exact) mass is 913 g/mol. The van der Waals surface area contributed by atoms with Crippen molar-refractivity contribution < 1.29 is 38.2 Å². The van der Waals surface area contributed by atoms with Crippen LogP contribution in [-0.2, 0) is 28.6 Å². The lowest BCUT2D eigenvalue weighted by Crippen LogP contribution is -2.50. The number of carbonyl (C=O) groups excluding carboxylic acids is 2. The Labute approximate surface area is 400 Å². The van der Waals surface area contributed by atoms with E-state index in [2.05, 4.69) is 74.6 Å². The van der Waals surface area contributed by atoms with Crippen molar-refractivity contribution in [1.82, 2.24) is 0 Å². The Kier molecular flexibility index (Phi) is 45.3. The van der Waals surface area contributed by atoms with Crippen LogP contribution in [0.3, 0.4) is 0 Å². The van der Waals surface area contributed by atoms with E-state index >= 15 is 0 Å². The molecule has 65 heavy (non-hydrogen) atoms. The molecule has 0 aliphatic rings. The van der Waals surface area contributed by atoms with Crippen LogP contribution in [0.5, 0.6) is 0 Å². The van der Waals surface area contributed by atoms with Crippen LogP contribution in [0.2, 0.25) is 0 Å². The molecule has 2 unspecified atom stereocenters. The maximum atomic E-state index is 12.8. The van der Waals surface area contributed by atoms with Gasteiger partial charge in [0.05, 0.1) is 34.4 Å². The number of rotatable bonds is 48. The number of carbonyl (C=O) groups is 3. The summed E-state index contributed by atoms with van der Waals surface area (Å²) in [7, 11) is 5.54. The van der Waals surface area contributed by atoms with Gasteiger partial charge in [-0.25, -0.2) is 4.79 Å². The van der Waals surface area contributed by atoms with Gasteiger partial charge in [-0.1, -0.05) is 216 Å². The summed E-state index contributed by atoms with van der Waals surface area (Å²) in [4.78, 5) is 37.2. The van der Waals surface area contributed by atoms with Crippen molar-refractivity contribution in [1.29, 1.82) is 0 Å². The third kappa shape index (κ3) is 46.0. The molecule has 0 fully saturated rings. The fraction of sp³-hybridized carbons (Fsp3) is 0.772. The van der Waals surface area contributed by atoms with Crippen LogP contribution in [0.4, 0.5) is 0 Å². The van der Waals surface area contributed by atoms with E-state index in [9.17, 15) is 19.5 Å². The van der Waals surface area contributed by atoms with E-state index in [0.29, 0.717) is 19.3 Å². The number of unbranched alkanes of at least 4 members (excludes halogenated alkanes) is 24. The molecular formula is C57H102NO7+. The van der Waals surface area contributed by atoms with Crippen LogP contribution < -0.4 is 0 Å². The minimum Gasteiger partial charge on any atom is -0.477 e. The summed E-state index contributed by atoms with van der Waals surface area (Å²) < 4.78 is 17.4. The zero-order valence-corrected chi connectivity index (χ0v) is 42.9. The molecule has 1 N–H and O–H groups in total. The second kappa shape index (κ2) is 47.5. The van der Waals surface area contributed by atoms with E-state index in [1.807, 2.05) is 21.1 Å². The van der Waals surface area contributed by atoms with Crippen molar-refractivity contribution in [2.45, 2.75) is 244 Å². The summed E-state index contributed by atoms with van der Waals surface area (Å²) in [5.41, 5.74) is 0. The predicted molar refractivity (Wildman–Crippen MR) is 275 cm³/mol. The highest BCUT2D eigenvalue weighted by atomic mass is 16.6. The first-order valence-corrected chi connectivity index (χ1v) is 26.8. The van der Waals surface area contributed by atoms with Crippen LogP contribution in [0.1, 0.15) is 232 Å². The molecule has 2 atom stereocenters. The molecule has 0 aromatic rings. The third-order valence-corrected chi connectivity index (χ3v) is 11.9. The van der Waals surface area contributed by atoms with E-state index in [0.717, 1.165) is 77.0 Å². The van der Waals surface area contributed by atoms with Crippen molar-refractivity contribution in [2.24, 2.45) is 0 Å². The summed E-state index contributed by atoms with van der Waals surface area (Å²) >= 11 is 0. The highest BCUT2D eigenvalue weighted by Gasteiger charge is 2.31. The Balaban J connectivity index is 4.23. The van der Waals surface area contributed by atoms with E-state index in [4.69, 9.17) is 14.2 Å². The van der Waals surface area contributed by atoms with Crippen LogP contribution in [0.25, 0.3) is 0 Å². The van der Waals surface area contributed by atoms with Gasteiger partial charge < -0.3 is 23.8 Å². The summed E-state index contributed by atoms with van der Waals surface area (Å²) in [6, 6.07) is -0.618. The number of ether oxygens (including phenoxy) is 3. The highest BCUT2D eigenvalue weighted by Crippen LogP contribution is 2.16.